The van der Waals surface area contributed by atoms with E-state index >= 15 is 0 Å². The molecule has 2 aliphatic rings. The van der Waals surface area contributed by atoms with Crippen LogP contribution in [0.5, 0.6) is 5.75 Å². The zero-order valence-electron chi connectivity index (χ0n) is 35.7. The van der Waals surface area contributed by atoms with Crippen LogP contribution in [0.15, 0.2) is 82.8 Å². The standard InChI is InChI=1S/C47H49N9O5S2/c1-25(2)42(47(60)56-23-32(57)20-38(56)45(59)49-27(4)29-10-12-30(13-11-29)44-28(5)48-24-62-44)40-22-37(54-61-40)35-14-15-41(52-50-35)55-18-16-31(17-19-55)43-26(3)34-21-36(51-53-46(34)63-43)33-8-6-7-9-39(33)58/h6-15,21-22,24-25,27,31-32,38,42,57-58H,16-20,23H2,1-5H3,(H,49,59)/t27-,32+,38-,42+/m0/s1. The Morgan fingerprint density at radius 1 is 0.905 bits per heavy atom. The van der Waals surface area contributed by atoms with Gasteiger partial charge in [0.25, 0.3) is 0 Å². The number of likely N-dealkylation sites (tertiary alicyclic amines) is 1. The van der Waals surface area contributed by atoms with Crippen molar-refractivity contribution in [2.24, 2.45) is 5.92 Å². The molecule has 7 heterocycles. The summed E-state index contributed by atoms with van der Waals surface area (Å²) in [4.78, 5) is 39.5. The fourth-order valence-electron chi connectivity index (χ4n) is 8.92. The van der Waals surface area contributed by atoms with Gasteiger partial charge >= 0.3 is 0 Å². The molecule has 2 amide bonds. The summed E-state index contributed by atoms with van der Waals surface area (Å²) in [6, 6.07) is 21.6. The van der Waals surface area contributed by atoms with Gasteiger partial charge in [-0.15, -0.1) is 43.1 Å². The van der Waals surface area contributed by atoms with Gasteiger partial charge in [-0.25, -0.2) is 4.98 Å². The van der Waals surface area contributed by atoms with Gasteiger partial charge in [0.1, 0.15) is 39.7 Å². The molecule has 0 unspecified atom stereocenters. The number of phenolic OH excluding ortho intramolecular Hbond substituents is 1. The molecule has 0 radical (unpaired) electrons. The second-order valence-electron chi connectivity index (χ2n) is 16.9. The number of thiazole rings is 1. The highest BCUT2D eigenvalue weighted by atomic mass is 32.1. The molecule has 14 nitrogen and oxygen atoms in total. The quantitative estimate of drug-likeness (QED) is 0.113. The molecule has 324 valence electrons. The molecule has 7 aromatic rings. The van der Waals surface area contributed by atoms with Gasteiger partial charge in [-0.2, -0.15) is 0 Å². The van der Waals surface area contributed by atoms with Crippen molar-refractivity contribution < 1.29 is 24.3 Å². The van der Waals surface area contributed by atoms with Crippen LogP contribution in [0.25, 0.3) is 43.3 Å². The molecule has 0 bridgehead atoms. The monoisotopic (exact) mass is 883 g/mol. The molecule has 2 saturated heterocycles. The summed E-state index contributed by atoms with van der Waals surface area (Å²) in [6.07, 6.45) is 1.21. The van der Waals surface area contributed by atoms with Crippen LogP contribution in [0.3, 0.4) is 0 Å². The Balaban J connectivity index is 0.832. The van der Waals surface area contributed by atoms with Crippen LogP contribution in [0, 0.1) is 19.8 Å². The normalized spacial score (nSPS) is 18.0. The Labute approximate surface area is 373 Å². The minimum Gasteiger partial charge on any atom is -0.507 e. The third-order valence-electron chi connectivity index (χ3n) is 12.4. The number of hydrogen-bond donors (Lipinski definition) is 3. The van der Waals surface area contributed by atoms with Crippen molar-refractivity contribution in [3.63, 3.8) is 0 Å². The predicted octanol–water partition coefficient (Wildman–Crippen LogP) is 8.21. The van der Waals surface area contributed by atoms with E-state index in [0.717, 1.165) is 63.7 Å². The topological polar surface area (TPSA) is 184 Å². The Bertz CT molecular complexity index is 2760. The molecule has 63 heavy (non-hydrogen) atoms. The average Bonchev–Trinajstić information content (AvgIpc) is 4.11. The number of β-amino-alcohol motifs (C(OH)–C–C–N with tert-alkyl or cyclic N) is 1. The van der Waals surface area contributed by atoms with Gasteiger partial charge in [-0.05, 0) is 92.5 Å². The van der Waals surface area contributed by atoms with Crippen molar-refractivity contribution >= 4 is 50.5 Å². The van der Waals surface area contributed by atoms with Gasteiger partial charge in [0.2, 0.25) is 11.8 Å². The molecule has 5 aromatic heterocycles. The summed E-state index contributed by atoms with van der Waals surface area (Å²) in [7, 11) is 0. The van der Waals surface area contributed by atoms with Gasteiger partial charge in [-0.1, -0.05) is 55.4 Å². The number of carbonyl (C=O) groups excluding carboxylic acids is 2. The van der Waals surface area contributed by atoms with E-state index < -0.39 is 18.1 Å². The first-order valence-corrected chi connectivity index (χ1v) is 23.0. The summed E-state index contributed by atoms with van der Waals surface area (Å²) in [5, 5.41) is 47.6. The Kier molecular flexibility index (Phi) is 11.8. The van der Waals surface area contributed by atoms with Crippen molar-refractivity contribution in [3.05, 3.63) is 106 Å². The lowest BCUT2D eigenvalue weighted by atomic mass is 9.91. The van der Waals surface area contributed by atoms with E-state index in [4.69, 9.17) is 4.52 Å². The predicted molar refractivity (Wildman–Crippen MR) is 244 cm³/mol. The summed E-state index contributed by atoms with van der Waals surface area (Å²) < 4.78 is 5.82. The van der Waals surface area contributed by atoms with Crippen LogP contribution in [0.2, 0.25) is 0 Å². The molecular formula is C47H49N9O5S2. The van der Waals surface area contributed by atoms with E-state index in [1.54, 1.807) is 40.9 Å². The lowest BCUT2D eigenvalue weighted by Gasteiger charge is -2.32. The molecule has 2 aromatic carbocycles. The number of rotatable bonds is 11. The molecule has 0 aliphatic carbocycles. The first-order chi connectivity index (χ1) is 30.4. The van der Waals surface area contributed by atoms with Crippen molar-refractivity contribution in [2.45, 2.75) is 83.9 Å². The SMILES string of the molecule is Cc1ncsc1-c1ccc([C@H](C)NC(=O)[C@@H]2C[C@@H](O)CN2C(=O)[C@@H](c2cc(-c3ccc(N4CCC(c5sc6nnc(-c7ccccc7O)cc6c5C)CC4)nn3)no2)C(C)C)cc1. The maximum absolute atomic E-state index is 14.3. The fraction of sp³-hybridized carbons (Fsp3) is 0.362. The van der Waals surface area contributed by atoms with Crippen molar-refractivity contribution in [1.29, 1.82) is 0 Å². The maximum atomic E-state index is 14.3. The van der Waals surface area contributed by atoms with Crippen LogP contribution < -0.4 is 10.2 Å². The number of benzene rings is 2. The highest BCUT2D eigenvalue weighted by molar-refractivity contribution is 7.19. The zero-order valence-corrected chi connectivity index (χ0v) is 37.4. The van der Waals surface area contributed by atoms with Gasteiger partial charge in [-0.3, -0.25) is 9.59 Å². The largest absolute Gasteiger partial charge is 0.507 e. The number of amides is 2. The smallest absolute Gasteiger partial charge is 0.243 e. The lowest BCUT2D eigenvalue weighted by molar-refractivity contribution is -0.141. The third kappa shape index (κ3) is 8.42. The van der Waals surface area contributed by atoms with E-state index in [-0.39, 0.29) is 42.5 Å². The van der Waals surface area contributed by atoms with Crippen LogP contribution >= 0.6 is 22.7 Å². The second kappa shape index (κ2) is 17.6. The van der Waals surface area contributed by atoms with Crippen LogP contribution in [0.4, 0.5) is 5.82 Å². The Hall–Kier alpha value is -6.10. The molecule has 0 saturated carbocycles. The molecule has 2 aliphatic heterocycles. The number of aromatic hydroxyl groups is 1. The summed E-state index contributed by atoms with van der Waals surface area (Å²) in [5.41, 5.74) is 8.31. The van der Waals surface area contributed by atoms with E-state index in [1.807, 2.05) is 87.8 Å². The number of piperidine rings is 1. The minimum absolute atomic E-state index is 0.0443. The zero-order chi connectivity index (χ0) is 43.9. The number of thiophene rings is 1. The molecule has 4 atom stereocenters. The number of aromatic nitrogens is 6. The molecule has 16 heteroatoms. The number of aryl methyl sites for hydroxylation is 2. The van der Waals surface area contributed by atoms with E-state index in [2.05, 4.69) is 47.7 Å². The number of nitrogens with one attached hydrogen (secondary N) is 1. The fourth-order valence-corrected chi connectivity index (χ4v) is 11.0. The number of carbonyl (C=O) groups is 2. The van der Waals surface area contributed by atoms with Gasteiger partial charge in [0.15, 0.2) is 5.82 Å². The van der Waals surface area contributed by atoms with Crippen LogP contribution in [-0.2, 0) is 9.59 Å². The highest BCUT2D eigenvalue weighted by Crippen LogP contribution is 2.41. The number of phenols is 1. The summed E-state index contributed by atoms with van der Waals surface area (Å²) in [5.74, 6) is 0.146. The van der Waals surface area contributed by atoms with Gasteiger partial charge < -0.3 is 29.9 Å². The number of nitrogens with zero attached hydrogens (tertiary/aromatic N) is 8. The molecular weight excluding hydrogens is 835 g/mol. The lowest BCUT2D eigenvalue weighted by Crippen LogP contribution is -2.48. The summed E-state index contributed by atoms with van der Waals surface area (Å²) >= 11 is 3.29. The number of hydrogen-bond acceptors (Lipinski definition) is 14. The number of fused-ring (bicyclic) bond motifs is 1. The number of aliphatic hydroxyl groups is 1. The van der Waals surface area contributed by atoms with Gasteiger partial charge in [0, 0.05) is 47.9 Å². The number of para-hydroxylation sites is 1. The third-order valence-corrected chi connectivity index (χ3v) is 14.8. The van der Waals surface area contributed by atoms with E-state index in [1.165, 1.54) is 15.3 Å². The number of anilines is 1. The first kappa shape index (κ1) is 42.2. The van der Waals surface area contributed by atoms with Crippen LogP contribution in [0.1, 0.15) is 85.4 Å². The van der Waals surface area contributed by atoms with Gasteiger partial charge in [0.05, 0.1) is 33.9 Å². The first-order valence-electron chi connectivity index (χ1n) is 21.3. The van der Waals surface area contributed by atoms with Crippen LogP contribution in [-0.4, -0.2) is 89.2 Å². The minimum atomic E-state index is -0.839. The molecule has 9 rings (SSSR count). The number of aliphatic hydroxyl groups excluding tert-OH is 1. The average molecular weight is 884 g/mol. The molecule has 0 spiro atoms. The van der Waals surface area contributed by atoms with Crippen molar-refractivity contribution in [3.8, 4) is 38.8 Å². The molecule has 2 fully saturated rings. The van der Waals surface area contributed by atoms with E-state index in [9.17, 15) is 19.8 Å². The van der Waals surface area contributed by atoms with E-state index in [0.29, 0.717) is 34.3 Å². The summed E-state index contributed by atoms with van der Waals surface area (Å²) in [6.45, 7) is 11.6. The van der Waals surface area contributed by atoms with Crippen molar-refractivity contribution in [2.75, 3.05) is 24.5 Å². The Morgan fingerprint density at radius 2 is 1.67 bits per heavy atom. The second-order valence-corrected chi connectivity index (χ2v) is 18.8. The highest BCUT2D eigenvalue weighted by Gasteiger charge is 2.43. The van der Waals surface area contributed by atoms with Crippen molar-refractivity contribution in [1.82, 2.24) is 40.8 Å². The Morgan fingerprint density at radius 3 is 2.37 bits per heavy atom. The maximum Gasteiger partial charge on any atom is 0.243 e. The molecule has 3 N–H and O–H groups in total.